The standard InChI is InChI=1S/C21H30ClN5O3S/c1-3-12(11-16-13(22)7-10-31-16)26-14-6-9-25-19(17(14)23)27-21(20(30)24-4-2)8-5-15(28)18(21)29/h6-7,9-10,12,15,18,28-29H,3-5,8,11,23H2,1-2H3,(H,24,30)(H2,25,26,27). The number of likely N-dealkylation sites (N-methyl/N-ethyl adjacent to an activating group) is 1. The third kappa shape index (κ3) is 4.90. The maximum Gasteiger partial charge on any atom is 0.248 e. The van der Waals surface area contributed by atoms with Gasteiger partial charge in [-0.15, -0.1) is 11.3 Å². The summed E-state index contributed by atoms with van der Waals surface area (Å²) in [4.78, 5) is 18.2. The Morgan fingerprint density at radius 1 is 1.42 bits per heavy atom. The van der Waals surface area contributed by atoms with Crippen molar-refractivity contribution in [1.29, 1.82) is 0 Å². The molecule has 3 rings (SSSR count). The van der Waals surface area contributed by atoms with Gasteiger partial charge in [0, 0.05) is 30.1 Å². The predicted molar refractivity (Wildman–Crippen MR) is 126 cm³/mol. The first kappa shape index (κ1) is 23.6. The second kappa shape index (κ2) is 10.0. The fraction of sp³-hybridized carbons (Fsp3) is 0.524. The number of nitrogens with zero attached hydrogens (tertiary/aromatic N) is 1. The van der Waals surface area contributed by atoms with Crippen LogP contribution in [-0.2, 0) is 11.2 Å². The zero-order valence-electron chi connectivity index (χ0n) is 17.7. The van der Waals surface area contributed by atoms with Crippen LogP contribution in [0.3, 0.4) is 0 Å². The molecule has 0 spiro atoms. The molecule has 2 aromatic rings. The summed E-state index contributed by atoms with van der Waals surface area (Å²) < 4.78 is 0. The molecule has 8 nitrogen and oxygen atoms in total. The number of rotatable bonds is 9. The number of hydrogen-bond donors (Lipinski definition) is 6. The molecule has 0 saturated heterocycles. The molecule has 1 amide bonds. The van der Waals surface area contributed by atoms with Crippen LogP contribution >= 0.6 is 22.9 Å². The number of aliphatic hydroxyl groups excluding tert-OH is 2. The fourth-order valence-corrected chi connectivity index (χ4v) is 5.09. The highest BCUT2D eigenvalue weighted by atomic mass is 35.5. The number of thiophene rings is 1. The molecular weight excluding hydrogens is 438 g/mol. The Morgan fingerprint density at radius 3 is 2.77 bits per heavy atom. The quantitative estimate of drug-likeness (QED) is 0.334. The molecule has 2 heterocycles. The van der Waals surface area contributed by atoms with Crippen molar-refractivity contribution in [1.82, 2.24) is 10.3 Å². The minimum absolute atomic E-state index is 0.102. The smallest absolute Gasteiger partial charge is 0.248 e. The van der Waals surface area contributed by atoms with Crippen LogP contribution in [0.5, 0.6) is 0 Å². The lowest BCUT2D eigenvalue weighted by Gasteiger charge is -2.34. The molecular formula is C21H30ClN5O3S. The number of aliphatic hydroxyl groups is 2. The van der Waals surface area contributed by atoms with Crippen molar-refractivity contribution in [2.45, 2.75) is 63.3 Å². The van der Waals surface area contributed by atoms with Gasteiger partial charge < -0.3 is 31.9 Å². The van der Waals surface area contributed by atoms with E-state index in [0.29, 0.717) is 24.3 Å². The Hall–Kier alpha value is -2.07. The monoisotopic (exact) mass is 467 g/mol. The number of nitrogen functional groups attached to an aromatic ring is 1. The number of nitrogens with one attached hydrogen (secondary N) is 3. The lowest BCUT2D eigenvalue weighted by molar-refractivity contribution is -0.129. The third-order valence-corrected chi connectivity index (χ3v) is 7.16. The molecule has 2 aromatic heterocycles. The van der Waals surface area contributed by atoms with E-state index in [2.05, 4.69) is 27.9 Å². The highest BCUT2D eigenvalue weighted by molar-refractivity contribution is 7.10. The van der Waals surface area contributed by atoms with Gasteiger partial charge in [0.2, 0.25) is 5.91 Å². The van der Waals surface area contributed by atoms with Gasteiger partial charge in [0.15, 0.2) is 5.82 Å². The van der Waals surface area contributed by atoms with E-state index in [1.54, 1.807) is 30.5 Å². The van der Waals surface area contributed by atoms with Crippen molar-refractivity contribution in [2.75, 3.05) is 22.9 Å². The van der Waals surface area contributed by atoms with Crippen LogP contribution in [0, 0.1) is 0 Å². The lowest BCUT2D eigenvalue weighted by Crippen LogP contribution is -2.59. The Balaban J connectivity index is 1.83. The van der Waals surface area contributed by atoms with Crippen molar-refractivity contribution < 1.29 is 15.0 Å². The van der Waals surface area contributed by atoms with Gasteiger partial charge in [0.1, 0.15) is 11.6 Å². The summed E-state index contributed by atoms with van der Waals surface area (Å²) in [6.45, 7) is 4.28. The maximum absolute atomic E-state index is 12.8. The van der Waals surface area contributed by atoms with Crippen LogP contribution in [-0.4, -0.2) is 51.4 Å². The summed E-state index contributed by atoms with van der Waals surface area (Å²) in [6, 6.07) is 3.77. The fourth-order valence-electron chi connectivity index (χ4n) is 3.89. The van der Waals surface area contributed by atoms with Gasteiger partial charge in [0.25, 0.3) is 0 Å². The van der Waals surface area contributed by atoms with Gasteiger partial charge in [0.05, 0.1) is 22.5 Å². The van der Waals surface area contributed by atoms with Gasteiger partial charge in [-0.1, -0.05) is 18.5 Å². The first-order valence-electron chi connectivity index (χ1n) is 10.5. The van der Waals surface area contributed by atoms with E-state index < -0.39 is 23.7 Å². The minimum atomic E-state index is -1.40. The summed E-state index contributed by atoms with van der Waals surface area (Å²) >= 11 is 7.86. The molecule has 10 heteroatoms. The van der Waals surface area contributed by atoms with E-state index in [4.69, 9.17) is 17.3 Å². The molecule has 4 unspecified atom stereocenters. The van der Waals surface area contributed by atoms with Crippen LogP contribution < -0.4 is 21.7 Å². The largest absolute Gasteiger partial charge is 0.394 e. The number of pyridine rings is 1. The molecule has 0 bridgehead atoms. The van der Waals surface area contributed by atoms with Gasteiger partial charge in [-0.25, -0.2) is 4.98 Å². The second-order valence-electron chi connectivity index (χ2n) is 7.77. The van der Waals surface area contributed by atoms with Crippen LogP contribution in [0.25, 0.3) is 0 Å². The summed E-state index contributed by atoms with van der Waals surface area (Å²) in [5.74, 6) is -0.106. The molecule has 0 aliphatic heterocycles. The molecule has 4 atom stereocenters. The number of amides is 1. The number of carbonyl (C=O) groups excluding carboxylic acids is 1. The van der Waals surface area contributed by atoms with Crippen LogP contribution in [0.4, 0.5) is 17.2 Å². The molecule has 170 valence electrons. The maximum atomic E-state index is 12.8. The minimum Gasteiger partial charge on any atom is -0.394 e. The first-order valence-corrected chi connectivity index (χ1v) is 11.7. The van der Waals surface area contributed by atoms with Gasteiger partial charge in [-0.05, 0) is 43.7 Å². The summed E-state index contributed by atoms with van der Waals surface area (Å²) in [5.41, 5.74) is 6.02. The topological polar surface area (TPSA) is 133 Å². The van der Waals surface area contributed by atoms with Crippen LogP contribution in [0.15, 0.2) is 23.7 Å². The van der Waals surface area contributed by atoms with Gasteiger partial charge in [-0.2, -0.15) is 0 Å². The van der Waals surface area contributed by atoms with E-state index in [0.717, 1.165) is 22.7 Å². The van der Waals surface area contributed by atoms with Crippen molar-refractivity contribution in [3.63, 3.8) is 0 Å². The average Bonchev–Trinajstić information content (AvgIpc) is 3.28. The number of anilines is 3. The Morgan fingerprint density at radius 2 is 2.19 bits per heavy atom. The summed E-state index contributed by atoms with van der Waals surface area (Å²) in [5, 5.41) is 32.7. The Kier molecular flexibility index (Phi) is 7.64. The van der Waals surface area contributed by atoms with E-state index >= 15 is 0 Å². The molecule has 1 aliphatic carbocycles. The Labute approximate surface area is 191 Å². The van der Waals surface area contributed by atoms with Crippen molar-refractivity contribution >= 4 is 46.0 Å². The molecule has 31 heavy (non-hydrogen) atoms. The van der Waals surface area contributed by atoms with Gasteiger partial charge in [-0.3, -0.25) is 4.79 Å². The molecule has 1 fully saturated rings. The van der Waals surface area contributed by atoms with Crippen LogP contribution in [0.2, 0.25) is 5.02 Å². The number of halogens is 1. The van der Waals surface area contributed by atoms with E-state index in [-0.39, 0.29) is 18.3 Å². The predicted octanol–water partition coefficient (Wildman–Crippen LogP) is 2.61. The molecule has 1 saturated carbocycles. The molecule has 0 radical (unpaired) electrons. The number of carbonyl (C=O) groups is 1. The highest BCUT2D eigenvalue weighted by Gasteiger charge is 2.53. The normalized spacial score (nSPS) is 24.0. The highest BCUT2D eigenvalue weighted by Crippen LogP contribution is 2.37. The van der Waals surface area contributed by atoms with Crippen molar-refractivity contribution in [3.8, 4) is 0 Å². The molecule has 0 aromatic carbocycles. The zero-order chi connectivity index (χ0) is 22.6. The van der Waals surface area contributed by atoms with Crippen molar-refractivity contribution in [3.05, 3.63) is 33.6 Å². The summed E-state index contributed by atoms with van der Waals surface area (Å²) in [6.07, 6.45) is 1.48. The van der Waals surface area contributed by atoms with Crippen molar-refractivity contribution in [2.24, 2.45) is 0 Å². The third-order valence-electron chi connectivity index (χ3n) is 5.75. The SMILES string of the molecule is CCNC(=O)C1(Nc2nccc(NC(CC)Cc3sccc3Cl)c2N)CCC(O)C1O. The van der Waals surface area contributed by atoms with E-state index in [9.17, 15) is 15.0 Å². The second-order valence-corrected chi connectivity index (χ2v) is 9.18. The molecule has 1 aliphatic rings. The summed E-state index contributed by atoms with van der Waals surface area (Å²) in [7, 11) is 0. The first-order chi connectivity index (χ1) is 14.8. The number of nitrogens with two attached hydrogens (primary N) is 1. The van der Waals surface area contributed by atoms with E-state index in [1.807, 2.05) is 11.4 Å². The average molecular weight is 468 g/mol. The molecule has 7 N–H and O–H groups in total. The van der Waals surface area contributed by atoms with Gasteiger partial charge >= 0.3 is 0 Å². The van der Waals surface area contributed by atoms with Crippen LogP contribution in [0.1, 0.15) is 38.0 Å². The number of hydrogen-bond acceptors (Lipinski definition) is 8. The zero-order valence-corrected chi connectivity index (χ0v) is 19.3. The number of aromatic nitrogens is 1. The lowest BCUT2D eigenvalue weighted by atomic mass is 9.93. The Bertz CT molecular complexity index is 911. The van der Waals surface area contributed by atoms with E-state index in [1.165, 1.54) is 0 Å².